The summed E-state index contributed by atoms with van der Waals surface area (Å²) in [5, 5.41) is 14.2. The van der Waals surface area contributed by atoms with E-state index in [-0.39, 0.29) is 11.9 Å². The van der Waals surface area contributed by atoms with Crippen LogP contribution in [-0.4, -0.2) is 36.5 Å². The van der Waals surface area contributed by atoms with Crippen molar-refractivity contribution in [3.05, 3.63) is 47.5 Å². The standard InChI is InChI=1S/C19H19N3O/c20-10-16-3-1-2-14-9-15(4-5-18(14)16)19(23)21-17-8-13-6-7-22(11-13)12-17/h1-5,9,13,17H,6-8,11-12H2,(H,21,23). The van der Waals surface area contributed by atoms with Gasteiger partial charge in [-0.15, -0.1) is 0 Å². The van der Waals surface area contributed by atoms with Gasteiger partial charge in [0, 0.05) is 24.7 Å². The summed E-state index contributed by atoms with van der Waals surface area (Å²) < 4.78 is 0. The van der Waals surface area contributed by atoms with Crippen LogP contribution < -0.4 is 5.32 Å². The van der Waals surface area contributed by atoms with Gasteiger partial charge in [-0.05, 0) is 54.3 Å². The van der Waals surface area contributed by atoms with Crippen LogP contribution in [0, 0.1) is 17.2 Å². The number of nitriles is 1. The Morgan fingerprint density at radius 2 is 2.17 bits per heavy atom. The number of nitrogens with one attached hydrogen (secondary N) is 1. The first-order valence-electron chi connectivity index (χ1n) is 8.19. The molecule has 2 fully saturated rings. The Kier molecular flexibility index (Phi) is 3.51. The summed E-state index contributed by atoms with van der Waals surface area (Å²) in [7, 11) is 0. The lowest BCUT2D eigenvalue weighted by Crippen LogP contribution is -2.47. The molecule has 0 spiro atoms. The van der Waals surface area contributed by atoms with Gasteiger partial charge in [-0.1, -0.05) is 18.2 Å². The fraction of sp³-hybridized carbons (Fsp3) is 0.368. The van der Waals surface area contributed by atoms with E-state index in [2.05, 4.69) is 16.3 Å². The summed E-state index contributed by atoms with van der Waals surface area (Å²) in [6, 6.07) is 13.6. The van der Waals surface area contributed by atoms with Gasteiger partial charge in [-0.2, -0.15) is 5.26 Å². The van der Waals surface area contributed by atoms with Crippen LogP contribution in [0.25, 0.3) is 10.8 Å². The molecule has 1 N–H and O–H groups in total. The largest absolute Gasteiger partial charge is 0.348 e. The first-order valence-corrected chi connectivity index (χ1v) is 8.19. The number of piperidine rings is 1. The zero-order valence-electron chi connectivity index (χ0n) is 13.0. The molecule has 116 valence electrons. The second-order valence-electron chi connectivity index (χ2n) is 6.67. The minimum Gasteiger partial charge on any atom is -0.348 e. The third-order valence-electron chi connectivity index (χ3n) is 5.06. The molecule has 23 heavy (non-hydrogen) atoms. The highest BCUT2D eigenvalue weighted by Crippen LogP contribution is 2.27. The molecule has 1 amide bonds. The number of hydrogen-bond donors (Lipinski definition) is 1. The predicted octanol–water partition coefficient (Wildman–Crippen LogP) is 2.54. The molecule has 4 heteroatoms. The van der Waals surface area contributed by atoms with Gasteiger partial charge in [0.15, 0.2) is 0 Å². The SMILES string of the molecule is N#Cc1cccc2cc(C(=O)NC3CC4CCN(C4)C3)ccc12. The number of fused-ring (bicyclic) bond motifs is 3. The third-order valence-corrected chi connectivity index (χ3v) is 5.06. The second-order valence-corrected chi connectivity index (χ2v) is 6.67. The lowest BCUT2D eigenvalue weighted by atomic mass is 9.96. The molecule has 2 heterocycles. The first-order chi connectivity index (χ1) is 11.2. The Labute approximate surface area is 135 Å². The zero-order valence-corrected chi connectivity index (χ0v) is 13.0. The fourth-order valence-corrected chi connectivity index (χ4v) is 3.96. The first kappa shape index (κ1) is 14.2. The molecule has 0 aromatic heterocycles. The monoisotopic (exact) mass is 305 g/mol. The molecule has 2 aliphatic heterocycles. The van der Waals surface area contributed by atoms with E-state index in [9.17, 15) is 4.79 Å². The molecule has 2 saturated heterocycles. The minimum atomic E-state index is -0.0123. The number of rotatable bonds is 2. The van der Waals surface area contributed by atoms with Crippen LogP contribution in [0.2, 0.25) is 0 Å². The Bertz CT molecular complexity index is 796. The van der Waals surface area contributed by atoms with Crippen molar-refractivity contribution in [2.75, 3.05) is 19.6 Å². The summed E-state index contributed by atoms with van der Waals surface area (Å²) in [6.07, 6.45) is 2.35. The number of amides is 1. The molecular formula is C19H19N3O. The van der Waals surface area contributed by atoms with Crippen molar-refractivity contribution in [1.29, 1.82) is 5.26 Å². The predicted molar refractivity (Wildman–Crippen MR) is 89.1 cm³/mol. The molecule has 2 aromatic carbocycles. The maximum Gasteiger partial charge on any atom is 0.251 e. The number of carbonyl (C=O) groups is 1. The van der Waals surface area contributed by atoms with Crippen molar-refractivity contribution in [3.63, 3.8) is 0 Å². The number of nitrogens with zero attached hydrogens (tertiary/aromatic N) is 2. The zero-order chi connectivity index (χ0) is 15.8. The topological polar surface area (TPSA) is 56.1 Å². The third kappa shape index (κ3) is 2.69. The van der Waals surface area contributed by atoms with Crippen LogP contribution in [0.1, 0.15) is 28.8 Å². The van der Waals surface area contributed by atoms with Gasteiger partial charge in [-0.3, -0.25) is 4.79 Å². The van der Waals surface area contributed by atoms with E-state index in [0.29, 0.717) is 11.1 Å². The van der Waals surface area contributed by atoms with Gasteiger partial charge in [0.2, 0.25) is 0 Å². The van der Waals surface area contributed by atoms with Gasteiger partial charge in [0.25, 0.3) is 5.91 Å². The minimum absolute atomic E-state index is 0.0123. The normalized spacial score (nSPS) is 26.0. The van der Waals surface area contributed by atoms with Crippen LogP contribution >= 0.6 is 0 Å². The molecule has 4 rings (SSSR count). The number of carbonyl (C=O) groups excluding carboxylic acids is 1. The average molecular weight is 305 g/mol. The van der Waals surface area contributed by atoms with E-state index < -0.39 is 0 Å². The van der Waals surface area contributed by atoms with Crippen molar-refractivity contribution in [1.82, 2.24) is 10.2 Å². The van der Waals surface area contributed by atoms with E-state index in [0.717, 1.165) is 29.7 Å². The highest BCUT2D eigenvalue weighted by Gasteiger charge is 2.32. The summed E-state index contributed by atoms with van der Waals surface area (Å²) in [6.45, 7) is 3.33. The Morgan fingerprint density at radius 1 is 1.26 bits per heavy atom. The van der Waals surface area contributed by atoms with Crippen LogP contribution in [-0.2, 0) is 0 Å². The summed E-state index contributed by atoms with van der Waals surface area (Å²) >= 11 is 0. The van der Waals surface area contributed by atoms with Gasteiger partial charge in [0.05, 0.1) is 11.6 Å². The Morgan fingerprint density at radius 3 is 3.00 bits per heavy atom. The Balaban J connectivity index is 1.54. The highest BCUT2D eigenvalue weighted by molar-refractivity contribution is 5.99. The van der Waals surface area contributed by atoms with E-state index >= 15 is 0 Å². The van der Waals surface area contributed by atoms with Gasteiger partial charge >= 0.3 is 0 Å². The van der Waals surface area contributed by atoms with E-state index in [1.807, 2.05) is 30.3 Å². The molecule has 2 bridgehead atoms. The average Bonchev–Trinajstić information content (AvgIpc) is 2.92. The van der Waals surface area contributed by atoms with Crippen molar-refractivity contribution in [2.45, 2.75) is 18.9 Å². The van der Waals surface area contributed by atoms with E-state index in [4.69, 9.17) is 5.26 Å². The molecular weight excluding hydrogens is 286 g/mol. The summed E-state index contributed by atoms with van der Waals surface area (Å²) in [4.78, 5) is 15.0. The molecule has 0 saturated carbocycles. The van der Waals surface area contributed by atoms with Crippen LogP contribution in [0.3, 0.4) is 0 Å². The van der Waals surface area contributed by atoms with Gasteiger partial charge in [0.1, 0.15) is 0 Å². The molecule has 3 unspecified atom stereocenters. The van der Waals surface area contributed by atoms with Gasteiger partial charge < -0.3 is 10.2 Å². The van der Waals surface area contributed by atoms with Crippen molar-refractivity contribution in [3.8, 4) is 6.07 Å². The summed E-state index contributed by atoms with van der Waals surface area (Å²) in [5.41, 5.74) is 1.31. The fourth-order valence-electron chi connectivity index (χ4n) is 3.96. The van der Waals surface area contributed by atoms with Crippen LogP contribution in [0.5, 0.6) is 0 Å². The highest BCUT2D eigenvalue weighted by atomic mass is 16.1. The van der Waals surface area contributed by atoms with Crippen molar-refractivity contribution in [2.24, 2.45) is 5.92 Å². The van der Waals surface area contributed by atoms with Crippen molar-refractivity contribution >= 4 is 16.7 Å². The Hall–Kier alpha value is -2.38. The lowest BCUT2D eigenvalue weighted by molar-refractivity contribution is 0.0909. The molecule has 0 radical (unpaired) electrons. The second kappa shape index (κ2) is 5.68. The molecule has 0 aliphatic carbocycles. The quantitative estimate of drug-likeness (QED) is 0.927. The number of benzene rings is 2. The lowest BCUT2D eigenvalue weighted by Gasteiger charge is -2.30. The molecule has 4 nitrogen and oxygen atoms in total. The van der Waals surface area contributed by atoms with E-state index in [1.165, 1.54) is 19.5 Å². The number of hydrogen-bond acceptors (Lipinski definition) is 3. The molecule has 2 aromatic rings. The van der Waals surface area contributed by atoms with E-state index in [1.54, 1.807) is 6.07 Å². The maximum atomic E-state index is 12.6. The molecule has 3 atom stereocenters. The van der Waals surface area contributed by atoms with Gasteiger partial charge in [-0.25, -0.2) is 0 Å². The van der Waals surface area contributed by atoms with Crippen molar-refractivity contribution < 1.29 is 4.79 Å². The molecule has 2 aliphatic rings. The smallest absolute Gasteiger partial charge is 0.251 e. The van der Waals surface area contributed by atoms with Crippen LogP contribution in [0.4, 0.5) is 0 Å². The van der Waals surface area contributed by atoms with Crippen LogP contribution in [0.15, 0.2) is 36.4 Å². The summed E-state index contributed by atoms with van der Waals surface area (Å²) in [5.74, 6) is 0.727. The maximum absolute atomic E-state index is 12.6.